The summed E-state index contributed by atoms with van der Waals surface area (Å²) in [5.41, 5.74) is 7.44. The van der Waals surface area contributed by atoms with E-state index in [1.807, 2.05) is 79.8 Å². The van der Waals surface area contributed by atoms with Gasteiger partial charge in [-0.3, -0.25) is 4.79 Å². The Hall–Kier alpha value is -3.58. The summed E-state index contributed by atoms with van der Waals surface area (Å²) < 4.78 is 11.1. The molecule has 164 valence electrons. The van der Waals surface area contributed by atoms with Crippen LogP contribution in [0.25, 0.3) is 11.5 Å². The van der Waals surface area contributed by atoms with E-state index in [4.69, 9.17) is 9.15 Å². The molecule has 1 aromatic heterocycles. The van der Waals surface area contributed by atoms with Crippen molar-refractivity contribution >= 4 is 5.91 Å². The van der Waals surface area contributed by atoms with Gasteiger partial charge in [-0.2, -0.15) is 0 Å². The van der Waals surface area contributed by atoms with Gasteiger partial charge in [-0.1, -0.05) is 29.8 Å². The monoisotopic (exact) mass is 430 g/mol. The normalized spacial score (nSPS) is 20.0. The first-order chi connectivity index (χ1) is 15.5. The van der Waals surface area contributed by atoms with Gasteiger partial charge in [0.2, 0.25) is 5.89 Å². The topological polar surface area (TPSA) is 70.8 Å². The van der Waals surface area contributed by atoms with E-state index >= 15 is 0 Å². The van der Waals surface area contributed by atoms with Crippen LogP contribution in [0.2, 0.25) is 0 Å². The summed E-state index contributed by atoms with van der Waals surface area (Å²) in [6.07, 6.45) is 4.42. The van der Waals surface area contributed by atoms with Crippen LogP contribution in [0.5, 0.6) is 5.75 Å². The lowest BCUT2D eigenvalue weighted by atomic mass is 10.0. The van der Waals surface area contributed by atoms with Crippen LogP contribution in [-0.4, -0.2) is 34.0 Å². The van der Waals surface area contributed by atoms with E-state index in [2.05, 4.69) is 10.4 Å². The number of ether oxygens (including phenoxy) is 1. The summed E-state index contributed by atoms with van der Waals surface area (Å²) in [6.45, 7) is 4.32. The van der Waals surface area contributed by atoms with E-state index in [0.29, 0.717) is 18.9 Å². The van der Waals surface area contributed by atoms with Crippen molar-refractivity contribution in [2.24, 2.45) is 0 Å². The van der Waals surface area contributed by atoms with Crippen molar-refractivity contribution in [2.45, 2.75) is 38.9 Å². The number of carbonyl (C=O) groups is 1. The zero-order valence-corrected chi connectivity index (χ0v) is 18.4. The molecule has 2 aliphatic rings. The lowest BCUT2D eigenvalue weighted by molar-refractivity contribution is -0.135. The molecule has 2 unspecified atom stereocenters. The molecule has 2 atom stereocenters. The van der Waals surface area contributed by atoms with Crippen LogP contribution in [-0.2, 0) is 11.3 Å². The highest BCUT2D eigenvalue weighted by Crippen LogP contribution is 2.32. The van der Waals surface area contributed by atoms with Crippen LogP contribution in [0.3, 0.4) is 0 Å². The summed E-state index contributed by atoms with van der Waals surface area (Å²) >= 11 is 0. The Morgan fingerprint density at radius 3 is 2.56 bits per heavy atom. The third-order valence-electron chi connectivity index (χ3n) is 6.10. The summed E-state index contributed by atoms with van der Waals surface area (Å²) in [7, 11) is 1.65. The van der Waals surface area contributed by atoms with Crippen LogP contribution < -0.4 is 10.2 Å². The molecule has 1 N–H and O–H groups in total. The van der Waals surface area contributed by atoms with Crippen molar-refractivity contribution in [2.75, 3.05) is 7.11 Å². The number of hydrazine groups is 1. The van der Waals surface area contributed by atoms with Gasteiger partial charge in [-0.25, -0.2) is 10.4 Å². The first kappa shape index (κ1) is 20.3. The number of benzene rings is 2. The van der Waals surface area contributed by atoms with Gasteiger partial charge in [0.05, 0.1) is 19.7 Å². The number of hydrogen-bond donors (Lipinski definition) is 1. The fourth-order valence-corrected chi connectivity index (χ4v) is 4.18. The minimum Gasteiger partial charge on any atom is -0.497 e. The van der Waals surface area contributed by atoms with E-state index in [1.54, 1.807) is 12.0 Å². The number of methoxy groups -OCH3 is 1. The van der Waals surface area contributed by atoms with Crippen LogP contribution in [0.4, 0.5) is 0 Å². The second-order valence-corrected chi connectivity index (χ2v) is 8.27. The minimum atomic E-state index is -0.254. The predicted molar refractivity (Wildman–Crippen MR) is 120 cm³/mol. The molecule has 1 amide bonds. The fourth-order valence-electron chi connectivity index (χ4n) is 4.18. The molecular weight excluding hydrogens is 404 g/mol. The summed E-state index contributed by atoms with van der Waals surface area (Å²) in [6, 6.07) is 15.8. The Morgan fingerprint density at radius 2 is 1.84 bits per heavy atom. The molecule has 0 spiro atoms. The quantitative estimate of drug-likeness (QED) is 0.657. The number of aromatic nitrogens is 1. The Labute approximate surface area is 187 Å². The van der Waals surface area contributed by atoms with E-state index in [9.17, 15) is 4.79 Å². The molecular formula is C25H26N4O3. The Bertz CT molecular complexity index is 1150. The highest BCUT2D eigenvalue weighted by atomic mass is 16.5. The first-order valence-corrected chi connectivity index (χ1v) is 10.7. The standard InChI is InChI=1S/C25H26N4O3/c1-16-4-6-19(7-5-16)24-26-22(17(2)32-24)15-28-12-13-29-23(25(28)30)14-21(27-29)18-8-10-20(31-3)11-9-18/h4-13,21,23,27H,14-15H2,1-3H3. The molecule has 0 bridgehead atoms. The van der Waals surface area contributed by atoms with Gasteiger partial charge in [0, 0.05) is 18.0 Å². The molecule has 3 aromatic rings. The maximum Gasteiger partial charge on any atom is 0.251 e. The number of rotatable bonds is 5. The highest BCUT2D eigenvalue weighted by Gasteiger charge is 2.40. The number of nitrogens with zero attached hydrogens (tertiary/aromatic N) is 3. The Kier molecular flexibility index (Phi) is 5.19. The molecule has 1 fully saturated rings. The second-order valence-electron chi connectivity index (χ2n) is 8.27. The van der Waals surface area contributed by atoms with Gasteiger partial charge in [0.1, 0.15) is 23.2 Å². The fraction of sp³-hybridized carbons (Fsp3) is 0.280. The van der Waals surface area contributed by atoms with E-state index in [1.165, 1.54) is 5.56 Å². The third kappa shape index (κ3) is 3.76. The maximum atomic E-state index is 13.2. The van der Waals surface area contributed by atoms with Gasteiger partial charge in [-0.05, 0) is 50.1 Å². The molecule has 0 aliphatic carbocycles. The summed E-state index contributed by atoms with van der Waals surface area (Å²) in [4.78, 5) is 19.6. The smallest absolute Gasteiger partial charge is 0.251 e. The van der Waals surface area contributed by atoms with Crippen LogP contribution in [0.1, 0.15) is 35.0 Å². The second kappa shape index (κ2) is 8.16. The van der Waals surface area contributed by atoms with Crippen molar-refractivity contribution < 1.29 is 13.9 Å². The van der Waals surface area contributed by atoms with Gasteiger partial charge < -0.3 is 19.1 Å². The molecule has 2 aliphatic heterocycles. The van der Waals surface area contributed by atoms with Gasteiger partial charge in [0.15, 0.2) is 0 Å². The average molecular weight is 431 g/mol. The maximum absolute atomic E-state index is 13.2. The highest BCUT2D eigenvalue weighted by molar-refractivity contribution is 5.84. The Morgan fingerprint density at radius 1 is 1.09 bits per heavy atom. The van der Waals surface area contributed by atoms with Crippen molar-refractivity contribution in [3.05, 3.63) is 83.5 Å². The minimum absolute atomic E-state index is 0.0512. The lowest BCUT2D eigenvalue weighted by Crippen LogP contribution is -2.47. The molecule has 5 rings (SSSR count). The molecule has 2 aromatic carbocycles. The van der Waals surface area contributed by atoms with Gasteiger partial charge in [-0.15, -0.1) is 0 Å². The van der Waals surface area contributed by atoms with Crippen molar-refractivity contribution in [3.8, 4) is 17.2 Å². The number of amides is 1. The largest absolute Gasteiger partial charge is 0.497 e. The molecule has 32 heavy (non-hydrogen) atoms. The van der Waals surface area contributed by atoms with Crippen LogP contribution in [0, 0.1) is 13.8 Å². The third-order valence-corrected chi connectivity index (χ3v) is 6.10. The van der Waals surface area contributed by atoms with Gasteiger partial charge >= 0.3 is 0 Å². The number of oxazole rings is 1. The number of carbonyl (C=O) groups excluding carboxylic acids is 1. The van der Waals surface area contributed by atoms with Crippen molar-refractivity contribution in [1.82, 2.24) is 20.3 Å². The number of nitrogens with one attached hydrogen (secondary N) is 1. The molecule has 0 radical (unpaired) electrons. The summed E-state index contributed by atoms with van der Waals surface area (Å²) in [5.74, 6) is 2.18. The molecule has 7 nitrogen and oxygen atoms in total. The Balaban J connectivity index is 1.29. The van der Waals surface area contributed by atoms with Gasteiger partial charge in [0.25, 0.3) is 5.91 Å². The SMILES string of the molecule is COc1ccc(C2CC3C(=O)N(Cc4nc(-c5ccc(C)cc5)oc4C)C=CN3N2)cc1. The number of fused-ring (bicyclic) bond motifs is 1. The predicted octanol–water partition coefficient (Wildman–Crippen LogP) is 4.10. The van der Waals surface area contributed by atoms with E-state index < -0.39 is 0 Å². The van der Waals surface area contributed by atoms with Crippen LogP contribution >= 0.6 is 0 Å². The molecule has 1 saturated heterocycles. The van der Waals surface area contributed by atoms with E-state index in [0.717, 1.165) is 28.3 Å². The molecule has 7 heteroatoms. The van der Waals surface area contributed by atoms with E-state index in [-0.39, 0.29) is 18.0 Å². The number of hydrogen-bond acceptors (Lipinski definition) is 6. The average Bonchev–Trinajstić information content (AvgIpc) is 3.40. The lowest BCUT2D eigenvalue weighted by Gasteiger charge is -2.31. The molecule has 0 saturated carbocycles. The van der Waals surface area contributed by atoms with Crippen LogP contribution in [0.15, 0.2) is 65.3 Å². The zero-order chi connectivity index (χ0) is 22.2. The first-order valence-electron chi connectivity index (χ1n) is 10.7. The zero-order valence-electron chi connectivity index (χ0n) is 18.4. The molecule has 3 heterocycles. The van der Waals surface area contributed by atoms with Crippen molar-refractivity contribution in [3.63, 3.8) is 0 Å². The van der Waals surface area contributed by atoms with Crippen molar-refractivity contribution in [1.29, 1.82) is 0 Å². The number of aryl methyl sites for hydroxylation is 2. The summed E-state index contributed by atoms with van der Waals surface area (Å²) in [5, 5.41) is 1.90.